The number of para-hydroxylation sites is 3. The highest BCUT2D eigenvalue weighted by molar-refractivity contribution is 6.14. The SMILES string of the molecule is C/C=C\C=C(/C)n1c2ccccc2c2cc(-c3ccc4c(c3)c3cc(-c5ccc6c(c5)c5ccccc5n6-c5ccccc5)ccc3n4-c3ccc(C)cc3)ccc21. The Morgan fingerprint density at radius 2 is 0.793 bits per heavy atom. The summed E-state index contributed by atoms with van der Waals surface area (Å²) in [5, 5.41) is 7.51. The molecule has 276 valence electrons. The Bertz CT molecular complexity index is 3460. The molecule has 0 atom stereocenters. The average molecular weight is 744 g/mol. The van der Waals surface area contributed by atoms with Crippen LogP contribution < -0.4 is 0 Å². The average Bonchev–Trinajstić information content (AvgIpc) is 3.91. The normalized spacial score (nSPS) is 12.4. The molecular formula is C55H41N3. The minimum Gasteiger partial charge on any atom is -0.313 e. The largest absolute Gasteiger partial charge is 0.313 e. The van der Waals surface area contributed by atoms with E-state index in [9.17, 15) is 0 Å². The van der Waals surface area contributed by atoms with Gasteiger partial charge < -0.3 is 13.7 Å². The van der Waals surface area contributed by atoms with E-state index in [-0.39, 0.29) is 0 Å². The van der Waals surface area contributed by atoms with Crippen LogP contribution in [0.4, 0.5) is 0 Å². The lowest BCUT2D eigenvalue weighted by atomic mass is 9.98. The Morgan fingerprint density at radius 1 is 0.397 bits per heavy atom. The smallest absolute Gasteiger partial charge is 0.0541 e. The van der Waals surface area contributed by atoms with Crippen molar-refractivity contribution in [1.29, 1.82) is 0 Å². The maximum Gasteiger partial charge on any atom is 0.0541 e. The molecule has 0 bridgehead atoms. The first-order valence-electron chi connectivity index (χ1n) is 20.1. The lowest BCUT2D eigenvalue weighted by Gasteiger charge is -2.10. The van der Waals surface area contributed by atoms with Gasteiger partial charge in [0, 0.05) is 49.4 Å². The van der Waals surface area contributed by atoms with Gasteiger partial charge in [-0.25, -0.2) is 0 Å². The first kappa shape index (κ1) is 33.9. The van der Waals surface area contributed by atoms with Crippen molar-refractivity contribution >= 4 is 71.1 Å². The zero-order chi connectivity index (χ0) is 38.9. The van der Waals surface area contributed by atoms with Crippen molar-refractivity contribution in [2.75, 3.05) is 0 Å². The Balaban J connectivity index is 1.11. The second kappa shape index (κ2) is 13.4. The van der Waals surface area contributed by atoms with E-state index in [1.807, 2.05) is 0 Å². The van der Waals surface area contributed by atoms with Crippen LogP contribution in [0.25, 0.3) is 105 Å². The van der Waals surface area contributed by atoms with Crippen molar-refractivity contribution in [2.45, 2.75) is 20.8 Å². The first-order valence-corrected chi connectivity index (χ1v) is 20.1. The number of hydrogen-bond acceptors (Lipinski definition) is 0. The zero-order valence-electron chi connectivity index (χ0n) is 32.8. The van der Waals surface area contributed by atoms with Crippen molar-refractivity contribution in [3.63, 3.8) is 0 Å². The van der Waals surface area contributed by atoms with Crippen molar-refractivity contribution < 1.29 is 0 Å². The molecule has 3 aromatic heterocycles. The maximum atomic E-state index is 2.42. The number of aryl methyl sites for hydroxylation is 1. The molecule has 0 aliphatic carbocycles. The number of allylic oxidation sites excluding steroid dienone is 4. The van der Waals surface area contributed by atoms with Gasteiger partial charge in [0.25, 0.3) is 0 Å². The minimum atomic E-state index is 1.16. The van der Waals surface area contributed by atoms with E-state index >= 15 is 0 Å². The highest BCUT2D eigenvalue weighted by atomic mass is 15.0. The summed E-state index contributed by atoms with van der Waals surface area (Å²) in [6.07, 6.45) is 6.38. The molecule has 11 rings (SSSR count). The molecule has 3 heterocycles. The molecule has 3 nitrogen and oxygen atoms in total. The highest BCUT2D eigenvalue weighted by Crippen LogP contribution is 2.41. The van der Waals surface area contributed by atoms with Crippen molar-refractivity contribution in [1.82, 2.24) is 13.7 Å². The third-order valence-electron chi connectivity index (χ3n) is 12.0. The molecule has 0 aliphatic heterocycles. The van der Waals surface area contributed by atoms with E-state index < -0.39 is 0 Å². The Hall–Kier alpha value is -7.36. The molecule has 0 aliphatic rings. The molecule has 0 fully saturated rings. The van der Waals surface area contributed by atoms with Crippen molar-refractivity contribution in [3.8, 4) is 33.6 Å². The van der Waals surface area contributed by atoms with Crippen LogP contribution in [0.15, 0.2) is 194 Å². The molecule has 8 aromatic carbocycles. The van der Waals surface area contributed by atoms with E-state index in [4.69, 9.17) is 0 Å². The molecule has 0 radical (unpaired) electrons. The van der Waals surface area contributed by atoms with Gasteiger partial charge in [0.1, 0.15) is 0 Å². The molecule has 0 N–H and O–H groups in total. The number of hydrogen-bond donors (Lipinski definition) is 0. The minimum absolute atomic E-state index is 1.16. The second-order valence-electron chi connectivity index (χ2n) is 15.5. The fraction of sp³-hybridized carbons (Fsp3) is 0.0545. The topological polar surface area (TPSA) is 14.8 Å². The Morgan fingerprint density at radius 3 is 1.34 bits per heavy atom. The number of aromatic nitrogens is 3. The summed E-state index contributed by atoms with van der Waals surface area (Å²) >= 11 is 0. The quantitative estimate of drug-likeness (QED) is 0.151. The van der Waals surface area contributed by atoms with Crippen LogP contribution in [0.3, 0.4) is 0 Å². The zero-order valence-corrected chi connectivity index (χ0v) is 32.8. The van der Waals surface area contributed by atoms with Gasteiger partial charge in [-0.1, -0.05) is 109 Å². The van der Waals surface area contributed by atoms with Gasteiger partial charge in [-0.05, 0) is 134 Å². The monoisotopic (exact) mass is 743 g/mol. The maximum absolute atomic E-state index is 2.42. The molecule has 0 saturated carbocycles. The first-order chi connectivity index (χ1) is 28.6. The molecule has 0 saturated heterocycles. The Labute approximate surface area is 337 Å². The lowest BCUT2D eigenvalue weighted by molar-refractivity contribution is 1.17. The summed E-state index contributed by atoms with van der Waals surface area (Å²) in [6, 6.07) is 65.0. The lowest BCUT2D eigenvalue weighted by Crippen LogP contribution is -1.94. The van der Waals surface area contributed by atoms with Crippen molar-refractivity contribution in [2.24, 2.45) is 0 Å². The van der Waals surface area contributed by atoms with E-state index in [0.717, 1.165) is 5.69 Å². The number of fused-ring (bicyclic) bond motifs is 9. The van der Waals surface area contributed by atoms with Gasteiger partial charge in [0.15, 0.2) is 0 Å². The number of rotatable bonds is 6. The van der Waals surface area contributed by atoms with Crippen LogP contribution in [0.5, 0.6) is 0 Å². The third kappa shape index (κ3) is 5.28. The summed E-state index contributed by atoms with van der Waals surface area (Å²) in [5.41, 5.74) is 16.9. The predicted octanol–water partition coefficient (Wildman–Crippen LogP) is 15.1. The molecule has 0 unspecified atom stereocenters. The molecule has 58 heavy (non-hydrogen) atoms. The van der Waals surface area contributed by atoms with E-state index in [1.54, 1.807) is 0 Å². The predicted molar refractivity (Wildman–Crippen MR) is 248 cm³/mol. The molecule has 0 amide bonds. The van der Waals surface area contributed by atoms with Gasteiger partial charge in [-0.3, -0.25) is 0 Å². The fourth-order valence-corrected chi connectivity index (χ4v) is 9.20. The summed E-state index contributed by atoms with van der Waals surface area (Å²) in [5.74, 6) is 0. The fourth-order valence-electron chi connectivity index (χ4n) is 9.20. The van der Waals surface area contributed by atoms with Crippen LogP contribution in [-0.2, 0) is 0 Å². The van der Waals surface area contributed by atoms with E-state index in [0.29, 0.717) is 0 Å². The molecule has 3 heteroatoms. The van der Waals surface area contributed by atoms with Crippen LogP contribution in [0.1, 0.15) is 19.4 Å². The Kier molecular flexibility index (Phi) is 7.84. The highest BCUT2D eigenvalue weighted by Gasteiger charge is 2.18. The van der Waals surface area contributed by atoms with Crippen LogP contribution in [0, 0.1) is 6.92 Å². The molecule has 11 aromatic rings. The van der Waals surface area contributed by atoms with Gasteiger partial charge in [-0.15, -0.1) is 0 Å². The summed E-state index contributed by atoms with van der Waals surface area (Å²) in [7, 11) is 0. The van der Waals surface area contributed by atoms with Gasteiger partial charge in [0.05, 0.1) is 33.1 Å². The third-order valence-corrected chi connectivity index (χ3v) is 12.0. The summed E-state index contributed by atoms with van der Waals surface area (Å²) < 4.78 is 7.18. The van der Waals surface area contributed by atoms with Gasteiger partial charge >= 0.3 is 0 Å². The molecular weight excluding hydrogens is 703 g/mol. The van der Waals surface area contributed by atoms with Crippen LogP contribution in [0.2, 0.25) is 0 Å². The molecule has 0 spiro atoms. The summed E-state index contributed by atoms with van der Waals surface area (Å²) in [6.45, 7) is 6.40. The van der Waals surface area contributed by atoms with Crippen molar-refractivity contribution in [3.05, 3.63) is 200 Å². The van der Waals surface area contributed by atoms with E-state index in [1.165, 1.54) is 105 Å². The summed E-state index contributed by atoms with van der Waals surface area (Å²) in [4.78, 5) is 0. The van der Waals surface area contributed by atoms with Crippen LogP contribution >= 0.6 is 0 Å². The van der Waals surface area contributed by atoms with E-state index in [2.05, 4.69) is 229 Å². The number of nitrogens with zero attached hydrogens (tertiary/aromatic N) is 3. The van der Waals surface area contributed by atoms with Gasteiger partial charge in [0.2, 0.25) is 0 Å². The standard InChI is InChI=1S/C55H41N3/c1-4-5-13-37(3)56-50-18-11-9-16-44(50)46-32-38(22-28-52(46)56)40-24-30-54-48(34-40)49-35-41(25-31-55(49)58(54)43-26-20-36(2)21-27-43)39-23-29-53-47(33-39)45-17-10-12-19-51(45)57(53)42-14-7-6-8-15-42/h4-35H,1-3H3/b5-4-,37-13+. The van der Waals surface area contributed by atoms with Gasteiger partial charge in [-0.2, -0.15) is 0 Å². The second-order valence-corrected chi connectivity index (χ2v) is 15.5. The number of benzene rings is 8. The van der Waals surface area contributed by atoms with Crippen LogP contribution in [-0.4, -0.2) is 13.7 Å².